The first kappa shape index (κ1) is 9.96. The summed E-state index contributed by atoms with van der Waals surface area (Å²) in [7, 11) is 0. The lowest BCUT2D eigenvalue weighted by Crippen LogP contribution is -2.09. The standard InChI is InChI=1S/C11H8F2O2/c12-9-4-7-3-6(1-2-14)11(15)8(7)5-10(9)13/h2,4-6H,1,3H2/t6-/m1/s1. The molecule has 0 saturated carbocycles. The first-order valence-electron chi connectivity index (χ1n) is 4.59. The lowest BCUT2D eigenvalue weighted by atomic mass is 10.0. The van der Waals surface area contributed by atoms with Crippen molar-refractivity contribution >= 4 is 12.1 Å². The summed E-state index contributed by atoms with van der Waals surface area (Å²) in [6.45, 7) is 0. The van der Waals surface area contributed by atoms with Gasteiger partial charge in [0.25, 0.3) is 0 Å². The lowest BCUT2D eigenvalue weighted by Gasteiger charge is -1.99. The first-order chi connectivity index (χ1) is 7.13. The number of fused-ring (bicyclic) bond motifs is 1. The van der Waals surface area contributed by atoms with E-state index in [0.717, 1.165) is 12.1 Å². The fraction of sp³-hybridized carbons (Fsp3) is 0.273. The minimum absolute atomic E-state index is 0.108. The van der Waals surface area contributed by atoms with Gasteiger partial charge in [0.15, 0.2) is 17.4 Å². The Kier molecular flexibility index (Phi) is 2.34. The Hall–Kier alpha value is -1.58. The van der Waals surface area contributed by atoms with E-state index in [1.54, 1.807) is 0 Å². The number of halogens is 2. The molecule has 1 aliphatic rings. The average molecular weight is 210 g/mol. The van der Waals surface area contributed by atoms with E-state index in [1.165, 1.54) is 0 Å². The summed E-state index contributed by atoms with van der Waals surface area (Å²) >= 11 is 0. The fourth-order valence-corrected chi connectivity index (χ4v) is 1.87. The van der Waals surface area contributed by atoms with E-state index < -0.39 is 17.6 Å². The fourth-order valence-electron chi connectivity index (χ4n) is 1.87. The molecule has 2 nitrogen and oxygen atoms in total. The quantitative estimate of drug-likeness (QED) is 0.699. The highest BCUT2D eigenvalue weighted by molar-refractivity contribution is 6.03. The molecule has 0 N–H and O–H groups in total. The van der Waals surface area contributed by atoms with Crippen molar-refractivity contribution in [3.05, 3.63) is 34.9 Å². The van der Waals surface area contributed by atoms with Crippen molar-refractivity contribution in [3.63, 3.8) is 0 Å². The van der Waals surface area contributed by atoms with Crippen LogP contribution >= 0.6 is 0 Å². The molecule has 0 aliphatic heterocycles. The summed E-state index contributed by atoms with van der Waals surface area (Å²) < 4.78 is 25.7. The molecular formula is C11H8F2O2. The molecule has 1 aromatic carbocycles. The zero-order chi connectivity index (χ0) is 11.0. The Morgan fingerprint density at radius 3 is 2.67 bits per heavy atom. The minimum atomic E-state index is -1.02. The molecule has 1 aliphatic carbocycles. The van der Waals surface area contributed by atoms with Crippen molar-refractivity contribution in [2.75, 3.05) is 0 Å². The predicted molar refractivity (Wildman–Crippen MR) is 48.6 cm³/mol. The number of carbonyl (C=O) groups excluding carboxylic acids is 2. The highest BCUT2D eigenvalue weighted by Crippen LogP contribution is 2.29. The van der Waals surface area contributed by atoms with Crippen molar-refractivity contribution in [1.82, 2.24) is 0 Å². The maximum Gasteiger partial charge on any atom is 0.167 e. The van der Waals surface area contributed by atoms with E-state index in [0.29, 0.717) is 18.3 Å². The maximum absolute atomic E-state index is 12.9. The van der Waals surface area contributed by atoms with Crippen LogP contribution in [0.4, 0.5) is 8.78 Å². The number of rotatable bonds is 2. The smallest absolute Gasteiger partial charge is 0.167 e. The van der Waals surface area contributed by atoms with Gasteiger partial charge in [-0.3, -0.25) is 4.79 Å². The third-order valence-corrected chi connectivity index (χ3v) is 2.63. The Morgan fingerprint density at radius 2 is 2.00 bits per heavy atom. The molecule has 4 heteroatoms. The zero-order valence-corrected chi connectivity index (χ0v) is 7.80. The van der Waals surface area contributed by atoms with Crippen molar-refractivity contribution in [2.24, 2.45) is 5.92 Å². The van der Waals surface area contributed by atoms with E-state index in [4.69, 9.17) is 0 Å². The zero-order valence-electron chi connectivity index (χ0n) is 7.80. The van der Waals surface area contributed by atoms with Gasteiger partial charge in [0.1, 0.15) is 6.29 Å². The number of hydrogen-bond donors (Lipinski definition) is 0. The third-order valence-electron chi connectivity index (χ3n) is 2.63. The van der Waals surface area contributed by atoms with E-state index in [1.807, 2.05) is 0 Å². The molecule has 1 atom stereocenters. The van der Waals surface area contributed by atoms with Crippen LogP contribution in [0.5, 0.6) is 0 Å². The van der Waals surface area contributed by atoms with Gasteiger partial charge in [-0.1, -0.05) is 0 Å². The van der Waals surface area contributed by atoms with Crippen LogP contribution in [0, 0.1) is 17.6 Å². The molecule has 0 bridgehead atoms. The Balaban J connectivity index is 2.41. The molecule has 0 saturated heterocycles. The Bertz CT molecular complexity index is 440. The molecule has 0 spiro atoms. The van der Waals surface area contributed by atoms with Gasteiger partial charge in [-0.2, -0.15) is 0 Å². The van der Waals surface area contributed by atoms with E-state index in [9.17, 15) is 18.4 Å². The van der Waals surface area contributed by atoms with Gasteiger partial charge >= 0.3 is 0 Å². The Morgan fingerprint density at radius 1 is 1.33 bits per heavy atom. The summed E-state index contributed by atoms with van der Waals surface area (Å²) in [5.74, 6) is -2.68. The van der Waals surface area contributed by atoms with Crippen molar-refractivity contribution in [3.8, 4) is 0 Å². The van der Waals surface area contributed by atoms with Crippen molar-refractivity contribution in [2.45, 2.75) is 12.8 Å². The van der Waals surface area contributed by atoms with Crippen LogP contribution in [0.2, 0.25) is 0 Å². The second kappa shape index (κ2) is 3.53. The maximum atomic E-state index is 12.9. The molecule has 0 amide bonds. The van der Waals surface area contributed by atoms with E-state index >= 15 is 0 Å². The molecule has 78 valence electrons. The van der Waals surface area contributed by atoms with Gasteiger partial charge in [-0.05, 0) is 24.1 Å². The highest BCUT2D eigenvalue weighted by Gasteiger charge is 2.31. The number of hydrogen-bond acceptors (Lipinski definition) is 2. The number of aldehydes is 1. The number of carbonyl (C=O) groups is 2. The molecule has 0 radical (unpaired) electrons. The summed E-state index contributed by atoms with van der Waals surface area (Å²) in [5, 5.41) is 0. The van der Waals surface area contributed by atoms with E-state index in [-0.39, 0.29) is 17.8 Å². The van der Waals surface area contributed by atoms with Crippen LogP contribution in [0.3, 0.4) is 0 Å². The van der Waals surface area contributed by atoms with Gasteiger partial charge in [0.05, 0.1) is 0 Å². The first-order valence-corrected chi connectivity index (χ1v) is 4.59. The van der Waals surface area contributed by atoms with Gasteiger partial charge in [0.2, 0.25) is 0 Å². The number of benzene rings is 1. The summed E-state index contributed by atoms with van der Waals surface area (Å²) in [5.41, 5.74) is 0.700. The van der Waals surface area contributed by atoms with Crippen LogP contribution < -0.4 is 0 Å². The van der Waals surface area contributed by atoms with Crippen LogP contribution in [0.25, 0.3) is 0 Å². The number of Topliss-reactive ketones (excluding diaryl/α,β-unsaturated/α-hetero) is 1. The molecule has 0 heterocycles. The average Bonchev–Trinajstić information content (AvgIpc) is 2.47. The second-order valence-corrected chi connectivity index (χ2v) is 3.59. The highest BCUT2D eigenvalue weighted by atomic mass is 19.2. The van der Waals surface area contributed by atoms with E-state index in [2.05, 4.69) is 0 Å². The topological polar surface area (TPSA) is 34.1 Å². The molecule has 15 heavy (non-hydrogen) atoms. The lowest BCUT2D eigenvalue weighted by molar-refractivity contribution is -0.108. The normalized spacial score (nSPS) is 19.1. The van der Waals surface area contributed by atoms with Gasteiger partial charge < -0.3 is 4.79 Å². The molecule has 2 rings (SSSR count). The van der Waals surface area contributed by atoms with Gasteiger partial charge in [-0.25, -0.2) is 8.78 Å². The van der Waals surface area contributed by atoms with Crippen LogP contribution in [0.1, 0.15) is 22.3 Å². The van der Waals surface area contributed by atoms with Gasteiger partial charge in [-0.15, -0.1) is 0 Å². The largest absolute Gasteiger partial charge is 0.303 e. The molecule has 0 fully saturated rings. The minimum Gasteiger partial charge on any atom is -0.303 e. The molecular weight excluding hydrogens is 202 g/mol. The van der Waals surface area contributed by atoms with Gasteiger partial charge in [0, 0.05) is 17.9 Å². The third kappa shape index (κ3) is 1.56. The second-order valence-electron chi connectivity index (χ2n) is 3.59. The summed E-state index contributed by atoms with van der Waals surface area (Å²) in [6, 6.07) is 1.95. The molecule has 1 aromatic rings. The van der Waals surface area contributed by atoms with Crippen molar-refractivity contribution < 1.29 is 18.4 Å². The van der Waals surface area contributed by atoms with Crippen LogP contribution in [-0.2, 0) is 11.2 Å². The van der Waals surface area contributed by atoms with Crippen LogP contribution in [0.15, 0.2) is 12.1 Å². The number of ketones is 1. The monoisotopic (exact) mass is 210 g/mol. The Labute approximate surface area is 84.9 Å². The summed E-state index contributed by atoms with van der Waals surface area (Å²) in [6.07, 6.45) is 1.09. The van der Waals surface area contributed by atoms with Crippen LogP contribution in [-0.4, -0.2) is 12.1 Å². The molecule has 0 unspecified atom stereocenters. The predicted octanol–water partition coefficient (Wildman–Crippen LogP) is 1.91. The SMILES string of the molecule is O=CC[C@@H]1Cc2cc(F)c(F)cc2C1=O. The summed E-state index contributed by atoms with van der Waals surface area (Å²) in [4.78, 5) is 21.9. The molecule has 0 aromatic heterocycles. The van der Waals surface area contributed by atoms with Crippen molar-refractivity contribution in [1.29, 1.82) is 0 Å².